The number of rotatable bonds is 5. The number of hydrogen-bond acceptors (Lipinski definition) is 4. The molecule has 0 spiro atoms. The van der Waals surface area contributed by atoms with E-state index in [1.54, 1.807) is 30.1 Å². The number of carbonyl (C=O) groups excluding carboxylic acids is 1. The number of hydrogen-bond donors (Lipinski definition) is 2. The number of aromatic amines is 1. The van der Waals surface area contributed by atoms with Crippen molar-refractivity contribution in [3.05, 3.63) is 59.3 Å². The molecule has 0 aliphatic rings. The molecule has 0 saturated heterocycles. The molecular weight excluding hydrogens is 382 g/mol. The summed E-state index contributed by atoms with van der Waals surface area (Å²) in [7, 11) is 2.03. The Kier molecular flexibility index (Phi) is 5.15. The molecule has 0 radical (unpaired) electrons. The Morgan fingerprint density at radius 2 is 2.07 bits per heavy atom. The number of nitrogens with zero attached hydrogens (tertiary/aromatic N) is 3. The van der Waals surface area contributed by atoms with Crippen molar-refractivity contribution in [1.29, 1.82) is 0 Å². The van der Waals surface area contributed by atoms with Crippen LogP contribution in [0.3, 0.4) is 0 Å². The summed E-state index contributed by atoms with van der Waals surface area (Å²) < 4.78 is 2.12. The minimum absolute atomic E-state index is 0.256. The number of imidazole rings is 1. The Labute approximate surface area is 173 Å². The number of aromatic nitrogens is 3. The molecule has 6 nitrogen and oxygen atoms in total. The van der Waals surface area contributed by atoms with Crippen LogP contribution in [0, 0.1) is 6.92 Å². The number of benzene rings is 2. The second-order valence-electron chi connectivity index (χ2n) is 7.21. The number of amides is 1. The van der Waals surface area contributed by atoms with Crippen LogP contribution >= 0.6 is 11.8 Å². The highest BCUT2D eigenvalue weighted by atomic mass is 32.2. The standard InChI is InChI=1S/C22H23N5OS/c1-13(2)29-22-24-18-10-9-15(11-19(18)25-22)21(28)26-23-12-17-14(3)27(4)20-8-6-5-7-16(17)20/h5-13H,1-4H3,(H,24,25)(H,26,28)/b23-12-. The summed E-state index contributed by atoms with van der Waals surface area (Å²) >= 11 is 1.66. The van der Waals surface area contributed by atoms with Gasteiger partial charge < -0.3 is 9.55 Å². The number of thioether (sulfide) groups is 1. The van der Waals surface area contributed by atoms with Gasteiger partial charge in [-0.25, -0.2) is 10.4 Å². The van der Waals surface area contributed by atoms with Gasteiger partial charge in [-0.05, 0) is 31.2 Å². The van der Waals surface area contributed by atoms with Gasteiger partial charge in [0.05, 0.1) is 17.2 Å². The maximum atomic E-state index is 12.5. The Hall–Kier alpha value is -3.06. The average Bonchev–Trinajstić information content (AvgIpc) is 3.20. The lowest BCUT2D eigenvalue weighted by atomic mass is 10.1. The molecule has 4 rings (SSSR count). The highest BCUT2D eigenvalue weighted by molar-refractivity contribution is 7.99. The van der Waals surface area contributed by atoms with E-state index < -0.39 is 0 Å². The van der Waals surface area contributed by atoms with Crippen LogP contribution in [0.1, 0.15) is 35.5 Å². The average molecular weight is 406 g/mol. The lowest BCUT2D eigenvalue weighted by Gasteiger charge is -2.00. The molecule has 7 heteroatoms. The molecule has 4 aromatic rings. The summed E-state index contributed by atoms with van der Waals surface area (Å²) in [6, 6.07) is 13.6. The van der Waals surface area contributed by atoms with Crippen LogP contribution in [0.2, 0.25) is 0 Å². The van der Waals surface area contributed by atoms with Gasteiger partial charge in [-0.3, -0.25) is 4.79 Å². The molecule has 29 heavy (non-hydrogen) atoms. The van der Waals surface area contributed by atoms with Gasteiger partial charge in [0.2, 0.25) is 0 Å². The Morgan fingerprint density at radius 3 is 2.86 bits per heavy atom. The van der Waals surface area contributed by atoms with Crippen molar-refractivity contribution in [2.45, 2.75) is 31.2 Å². The first-order valence-electron chi connectivity index (χ1n) is 9.48. The topological polar surface area (TPSA) is 75.1 Å². The maximum absolute atomic E-state index is 12.5. The molecule has 0 fully saturated rings. The minimum atomic E-state index is -0.256. The normalized spacial score (nSPS) is 11.9. The Morgan fingerprint density at radius 1 is 1.28 bits per heavy atom. The van der Waals surface area contributed by atoms with Gasteiger partial charge in [-0.15, -0.1) is 0 Å². The summed E-state index contributed by atoms with van der Waals surface area (Å²) in [4.78, 5) is 20.4. The summed E-state index contributed by atoms with van der Waals surface area (Å²) in [5, 5.41) is 6.60. The van der Waals surface area contributed by atoms with Crippen LogP contribution in [0.4, 0.5) is 0 Å². The van der Waals surface area contributed by atoms with Gasteiger partial charge in [0.25, 0.3) is 5.91 Å². The third-order valence-corrected chi connectivity index (χ3v) is 5.77. The molecule has 0 unspecified atom stereocenters. The molecule has 2 aromatic carbocycles. The van der Waals surface area contributed by atoms with Crippen molar-refractivity contribution in [1.82, 2.24) is 20.0 Å². The monoisotopic (exact) mass is 405 g/mol. The summed E-state index contributed by atoms with van der Waals surface area (Å²) in [5.74, 6) is -0.256. The van der Waals surface area contributed by atoms with E-state index in [0.29, 0.717) is 10.8 Å². The number of nitrogens with one attached hydrogen (secondary N) is 2. The summed E-state index contributed by atoms with van der Waals surface area (Å²) in [6.45, 7) is 6.28. The van der Waals surface area contributed by atoms with Gasteiger partial charge >= 0.3 is 0 Å². The third kappa shape index (κ3) is 3.78. The van der Waals surface area contributed by atoms with E-state index >= 15 is 0 Å². The first-order valence-corrected chi connectivity index (χ1v) is 10.4. The fraction of sp³-hybridized carbons (Fsp3) is 0.227. The number of aryl methyl sites for hydroxylation is 1. The smallest absolute Gasteiger partial charge is 0.271 e. The van der Waals surface area contributed by atoms with Gasteiger partial charge in [0.15, 0.2) is 5.16 Å². The molecule has 0 aliphatic heterocycles. The van der Waals surface area contributed by atoms with Crippen LogP contribution in [-0.2, 0) is 7.05 Å². The van der Waals surface area contributed by atoms with Crippen molar-refractivity contribution in [2.75, 3.05) is 0 Å². The fourth-order valence-electron chi connectivity index (χ4n) is 3.34. The predicted octanol–water partition coefficient (Wildman–Crippen LogP) is 4.63. The van der Waals surface area contributed by atoms with E-state index in [4.69, 9.17) is 0 Å². The second kappa shape index (κ2) is 7.75. The number of fused-ring (bicyclic) bond motifs is 2. The largest absolute Gasteiger partial charge is 0.347 e. The Balaban J connectivity index is 1.53. The molecule has 148 valence electrons. The van der Waals surface area contributed by atoms with Gasteiger partial charge in [0.1, 0.15) is 0 Å². The van der Waals surface area contributed by atoms with E-state index in [-0.39, 0.29) is 5.91 Å². The number of H-pyrrole nitrogens is 1. The number of para-hydroxylation sites is 1. The van der Waals surface area contributed by atoms with Crippen LogP contribution in [0.5, 0.6) is 0 Å². The summed E-state index contributed by atoms with van der Waals surface area (Å²) in [5.41, 5.74) is 8.09. The van der Waals surface area contributed by atoms with E-state index in [2.05, 4.69) is 51.0 Å². The number of carbonyl (C=O) groups is 1. The van der Waals surface area contributed by atoms with E-state index in [0.717, 1.165) is 38.4 Å². The van der Waals surface area contributed by atoms with Crippen LogP contribution in [-0.4, -0.2) is 31.9 Å². The van der Waals surface area contributed by atoms with Crippen molar-refractivity contribution in [3.8, 4) is 0 Å². The van der Waals surface area contributed by atoms with Crippen molar-refractivity contribution in [3.63, 3.8) is 0 Å². The van der Waals surface area contributed by atoms with Gasteiger partial charge in [-0.1, -0.05) is 43.8 Å². The molecule has 2 aromatic heterocycles. The van der Waals surface area contributed by atoms with E-state index in [9.17, 15) is 4.79 Å². The maximum Gasteiger partial charge on any atom is 0.271 e. The zero-order valence-electron chi connectivity index (χ0n) is 16.9. The first kappa shape index (κ1) is 19.3. The van der Waals surface area contributed by atoms with Gasteiger partial charge in [-0.2, -0.15) is 5.10 Å². The second-order valence-corrected chi connectivity index (χ2v) is 8.78. The highest BCUT2D eigenvalue weighted by Gasteiger charge is 2.11. The first-order chi connectivity index (χ1) is 13.9. The van der Waals surface area contributed by atoms with Crippen molar-refractivity contribution >= 4 is 45.8 Å². The third-order valence-electron chi connectivity index (χ3n) is 4.88. The number of hydrazone groups is 1. The lowest BCUT2D eigenvalue weighted by Crippen LogP contribution is -2.17. The lowest BCUT2D eigenvalue weighted by molar-refractivity contribution is 0.0955. The molecule has 2 N–H and O–H groups in total. The SMILES string of the molecule is Cc1c(/C=N\NC(=O)c2ccc3nc(SC(C)C)[nH]c3c2)c2ccccc2n1C. The zero-order chi connectivity index (χ0) is 20.5. The summed E-state index contributed by atoms with van der Waals surface area (Å²) in [6.07, 6.45) is 1.71. The highest BCUT2D eigenvalue weighted by Crippen LogP contribution is 2.24. The van der Waals surface area contributed by atoms with E-state index in [1.807, 2.05) is 32.2 Å². The van der Waals surface area contributed by atoms with Gasteiger partial charge in [0, 0.05) is 40.0 Å². The quantitative estimate of drug-likeness (QED) is 0.289. The molecule has 2 heterocycles. The van der Waals surface area contributed by atoms with E-state index in [1.165, 1.54) is 0 Å². The van der Waals surface area contributed by atoms with Crippen molar-refractivity contribution < 1.29 is 4.79 Å². The Bertz CT molecular complexity index is 1230. The molecule has 0 bridgehead atoms. The fourth-order valence-corrected chi connectivity index (χ4v) is 4.11. The molecule has 0 aliphatic carbocycles. The molecule has 0 atom stereocenters. The molecular formula is C22H23N5OS. The molecule has 0 saturated carbocycles. The van der Waals surface area contributed by atoms with Crippen LogP contribution < -0.4 is 5.43 Å². The van der Waals surface area contributed by atoms with Crippen LogP contribution in [0.25, 0.3) is 21.9 Å². The predicted molar refractivity (Wildman–Crippen MR) is 120 cm³/mol. The minimum Gasteiger partial charge on any atom is -0.347 e. The molecule has 1 amide bonds. The van der Waals surface area contributed by atoms with Crippen molar-refractivity contribution in [2.24, 2.45) is 12.1 Å². The zero-order valence-corrected chi connectivity index (χ0v) is 17.7. The van der Waals surface area contributed by atoms with Crippen LogP contribution in [0.15, 0.2) is 52.7 Å².